The number of H-pyrrole nitrogens is 1. The number of imidazole rings is 1. The van der Waals surface area contributed by atoms with Gasteiger partial charge in [-0.2, -0.15) is 5.10 Å². The van der Waals surface area contributed by atoms with Gasteiger partial charge in [0.15, 0.2) is 10.4 Å². The predicted octanol–water partition coefficient (Wildman–Crippen LogP) is 3.18. The molecule has 2 heterocycles. The van der Waals surface area contributed by atoms with Gasteiger partial charge in [-0.15, -0.1) is 0 Å². The highest BCUT2D eigenvalue weighted by Gasteiger charge is 2.19. The Balaban J connectivity index is 2.07. The molecular weight excluding hydrogens is 244 g/mol. The summed E-state index contributed by atoms with van der Waals surface area (Å²) in [5.41, 5.74) is 3.40. The molecule has 18 heavy (non-hydrogen) atoms. The summed E-state index contributed by atoms with van der Waals surface area (Å²) in [4.78, 5) is 3.34. The predicted molar refractivity (Wildman–Crippen MR) is 75.2 cm³/mol. The third kappa shape index (κ3) is 1.81. The Labute approximate surface area is 112 Å². The van der Waals surface area contributed by atoms with E-state index in [1.165, 1.54) is 25.7 Å². The standard InChI is InChI=1S/C13H20N4S/c1-3-10-11-12(16(2)15-10)17(13(18)14-11)8-9-6-4-5-7-9/h9H,3-8H2,1-2H3,(H,14,18). The van der Waals surface area contributed by atoms with Gasteiger partial charge in [-0.25, -0.2) is 0 Å². The molecule has 2 aromatic heterocycles. The van der Waals surface area contributed by atoms with Gasteiger partial charge in [-0.05, 0) is 37.4 Å². The Morgan fingerprint density at radius 1 is 1.39 bits per heavy atom. The maximum atomic E-state index is 5.47. The normalized spacial score (nSPS) is 17.0. The van der Waals surface area contributed by atoms with Crippen molar-refractivity contribution in [1.82, 2.24) is 19.3 Å². The van der Waals surface area contributed by atoms with Crippen molar-refractivity contribution >= 4 is 23.4 Å². The van der Waals surface area contributed by atoms with Crippen molar-refractivity contribution in [2.75, 3.05) is 0 Å². The number of hydrogen-bond donors (Lipinski definition) is 1. The summed E-state index contributed by atoms with van der Waals surface area (Å²) in [5, 5.41) is 4.56. The van der Waals surface area contributed by atoms with Crippen LogP contribution in [-0.4, -0.2) is 19.3 Å². The molecule has 0 aromatic carbocycles. The van der Waals surface area contributed by atoms with Crippen LogP contribution >= 0.6 is 12.2 Å². The van der Waals surface area contributed by atoms with Crippen molar-refractivity contribution in [2.45, 2.75) is 45.6 Å². The highest BCUT2D eigenvalue weighted by Crippen LogP contribution is 2.28. The van der Waals surface area contributed by atoms with E-state index in [9.17, 15) is 0 Å². The van der Waals surface area contributed by atoms with Crippen molar-refractivity contribution in [3.05, 3.63) is 10.5 Å². The second kappa shape index (κ2) is 4.53. The minimum atomic E-state index is 0.788. The number of aromatic amines is 1. The molecule has 2 aromatic rings. The lowest BCUT2D eigenvalue weighted by Crippen LogP contribution is -2.09. The lowest BCUT2D eigenvalue weighted by Gasteiger charge is -2.10. The first-order chi connectivity index (χ1) is 8.70. The molecule has 4 nitrogen and oxygen atoms in total. The molecule has 0 bridgehead atoms. The lowest BCUT2D eigenvalue weighted by atomic mass is 10.1. The Bertz CT molecular complexity index is 613. The molecule has 0 spiro atoms. The summed E-state index contributed by atoms with van der Waals surface area (Å²) in [6.45, 7) is 3.18. The third-order valence-electron chi connectivity index (χ3n) is 4.07. The van der Waals surface area contributed by atoms with Gasteiger partial charge in [0, 0.05) is 13.6 Å². The summed E-state index contributed by atoms with van der Waals surface area (Å²) in [5.74, 6) is 0.788. The summed E-state index contributed by atoms with van der Waals surface area (Å²) in [6.07, 6.45) is 6.37. The molecule has 0 aliphatic heterocycles. The molecule has 1 fully saturated rings. The number of hydrogen-bond acceptors (Lipinski definition) is 2. The molecule has 1 aliphatic rings. The van der Waals surface area contributed by atoms with Crippen LogP contribution in [0.3, 0.4) is 0 Å². The van der Waals surface area contributed by atoms with Crippen LogP contribution in [0.25, 0.3) is 11.2 Å². The highest BCUT2D eigenvalue weighted by molar-refractivity contribution is 7.71. The van der Waals surface area contributed by atoms with Gasteiger partial charge >= 0.3 is 0 Å². The minimum absolute atomic E-state index is 0.788. The fourth-order valence-electron chi connectivity index (χ4n) is 3.15. The van der Waals surface area contributed by atoms with Crippen LogP contribution in [0.4, 0.5) is 0 Å². The molecule has 0 unspecified atom stereocenters. The number of fused-ring (bicyclic) bond motifs is 1. The van der Waals surface area contributed by atoms with E-state index in [1.54, 1.807) is 0 Å². The minimum Gasteiger partial charge on any atom is -0.328 e. The van der Waals surface area contributed by atoms with E-state index in [-0.39, 0.29) is 0 Å². The summed E-state index contributed by atoms with van der Waals surface area (Å²) in [7, 11) is 2.01. The summed E-state index contributed by atoms with van der Waals surface area (Å²) >= 11 is 5.47. The van der Waals surface area contributed by atoms with Crippen LogP contribution < -0.4 is 0 Å². The molecular formula is C13H20N4S. The molecule has 98 valence electrons. The second-order valence-corrected chi connectivity index (χ2v) is 5.70. The van der Waals surface area contributed by atoms with E-state index in [2.05, 4.69) is 21.6 Å². The van der Waals surface area contributed by atoms with Crippen LogP contribution in [0, 0.1) is 10.7 Å². The number of nitrogens with one attached hydrogen (secondary N) is 1. The first-order valence-corrected chi connectivity index (χ1v) is 7.26. The maximum Gasteiger partial charge on any atom is 0.179 e. The van der Waals surface area contributed by atoms with Crippen molar-refractivity contribution in [1.29, 1.82) is 0 Å². The van der Waals surface area contributed by atoms with Gasteiger partial charge in [0.05, 0.1) is 5.69 Å². The Hall–Kier alpha value is -1.10. The fourth-order valence-corrected chi connectivity index (χ4v) is 3.41. The van der Waals surface area contributed by atoms with E-state index in [0.717, 1.165) is 40.5 Å². The SMILES string of the molecule is CCc1nn(C)c2c1[nH]c(=S)n2CC1CCCC1. The average Bonchev–Trinajstić information content (AvgIpc) is 3.01. The quantitative estimate of drug-likeness (QED) is 0.865. The topological polar surface area (TPSA) is 38.5 Å². The fraction of sp³-hybridized carbons (Fsp3) is 0.692. The van der Waals surface area contributed by atoms with Crippen LogP contribution in [0.15, 0.2) is 0 Å². The zero-order valence-corrected chi connectivity index (χ0v) is 11.9. The van der Waals surface area contributed by atoms with E-state index in [0.29, 0.717) is 0 Å². The number of aryl methyl sites for hydroxylation is 2. The summed E-state index contributed by atoms with van der Waals surface area (Å²) < 4.78 is 5.06. The first-order valence-electron chi connectivity index (χ1n) is 6.85. The Morgan fingerprint density at radius 3 is 2.78 bits per heavy atom. The van der Waals surface area contributed by atoms with E-state index < -0.39 is 0 Å². The molecule has 5 heteroatoms. The molecule has 0 amide bonds. The van der Waals surface area contributed by atoms with Crippen molar-refractivity contribution in [2.24, 2.45) is 13.0 Å². The van der Waals surface area contributed by atoms with Crippen LogP contribution in [0.5, 0.6) is 0 Å². The van der Waals surface area contributed by atoms with Gasteiger partial charge in [0.2, 0.25) is 0 Å². The zero-order valence-electron chi connectivity index (χ0n) is 11.1. The monoisotopic (exact) mass is 264 g/mol. The van der Waals surface area contributed by atoms with Crippen molar-refractivity contribution in [3.8, 4) is 0 Å². The molecule has 1 aliphatic carbocycles. The van der Waals surface area contributed by atoms with E-state index in [4.69, 9.17) is 12.2 Å². The molecule has 3 rings (SSSR count). The van der Waals surface area contributed by atoms with E-state index in [1.807, 2.05) is 11.7 Å². The van der Waals surface area contributed by atoms with Gasteiger partial charge < -0.3 is 9.55 Å². The highest BCUT2D eigenvalue weighted by atomic mass is 32.1. The maximum absolute atomic E-state index is 5.47. The number of nitrogens with zero attached hydrogens (tertiary/aromatic N) is 3. The molecule has 0 saturated heterocycles. The molecule has 0 radical (unpaired) electrons. The van der Waals surface area contributed by atoms with Crippen molar-refractivity contribution in [3.63, 3.8) is 0 Å². The van der Waals surface area contributed by atoms with Crippen LogP contribution in [-0.2, 0) is 20.0 Å². The molecule has 1 N–H and O–H groups in total. The average molecular weight is 264 g/mol. The summed E-state index contributed by atoms with van der Waals surface area (Å²) in [6, 6.07) is 0. The van der Waals surface area contributed by atoms with Gasteiger partial charge in [-0.3, -0.25) is 4.68 Å². The Morgan fingerprint density at radius 2 is 2.11 bits per heavy atom. The van der Waals surface area contributed by atoms with Crippen LogP contribution in [0.1, 0.15) is 38.3 Å². The number of aromatic nitrogens is 4. The lowest BCUT2D eigenvalue weighted by molar-refractivity contribution is 0.456. The van der Waals surface area contributed by atoms with Crippen molar-refractivity contribution < 1.29 is 0 Å². The number of rotatable bonds is 3. The van der Waals surface area contributed by atoms with E-state index >= 15 is 0 Å². The van der Waals surface area contributed by atoms with Gasteiger partial charge in [-0.1, -0.05) is 19.8 Å². The second-order valence-electron chi connectivity index (χ2n) is 5.31. The largest absolute Gasteiger partial charge is 0.328 e. The van der Waals surface area contributed by atoms with Gasteiger partial charge in [0.1, 0.15) is 5.52 Å². The van der Waals surface area contributed by atoms with Gasteiger partial charge in [0.25, 0.3) is 0 Å². The molecule has 0 atom stereocenters. The zero-order chi connectivity index (χ0) is 12.7. The smallest absolute Gasteiger partial charge is 0.179 e. The third-order valence-corrected chi connectivity index (χ3v) is 4.40. The molecule has 1 saturated carbocycles. The Kier molecular flexibility index (Phi) is 3.01. The van der Waals surface area contributed by atoms with Crippen LogP contribution in [0.2, 0.25) is 0 Å². The first kappa shape index (κ1) is 12.0.